The van der Waals surface area contributed by atoms with E-state index in [0.717, 1.165) is 17.7 Å². The second kappa shape index (κ2) is 11.7. The average molecular weight is 514 g/mol. The summed E-state index contributed by atoms with van der Waals surface area (Å²) < 4.78 is 45.5. The molecule has 3 aromatic rings. The topological polar surface area (TPSA) is 65.9 Å². The van der Waals surface area contributed by atoms with E-state index in [9.17, 15) is 18.0 Å². The number of carboxylic acid groups (broad SMARTS) is 1. The highest BCUT2D eigenvalue weighted by Gasteiger charge is 2.31. The van der Waals surface area contributed by atoms with Gasteiger partial charge in [0.25, 0.3) is 0 Å². The van der Waals surface area contributed by atoms with Crippen LogP contribution in [-0.2, 0) is 15.7 Å². The van der Waals surface area contributed by atoms with Gasteiger partial charge < -0.3 is 14.7 Å². The van der Waals surface area contributed by atoms with E-state index in [1.54, 1.807) is 41.1 Å². The van der Waals surface area contributed by atoms with Crippen molar-refractivity contribution in [2.24, 2.45) is 0 Å². The molecule has 11 heteroatoms. The summed E-state index contributed by atoms with van der Waals surface area (Å²) in [6.07, 6.45) is -4.47. The summed E-state index contributed by atoms with van der Waals surface area (Å²) in [5.74, 6) is -0.933. The van der Waals surface area contributed by atoms with Crippen LogP contribution < -0.4 is 4.90 Å². The van der Waals surface area contributed by atoms with Crippen LogP contribution in [0.5, 0.6) is 0 Å². The zero-order valence-electron chi connectivity index (χ0n) is 18.3. The molecule has 1 heterocycles. The highest BCUT2D eigenvalue weighted by molar-refractivity contribution is 7.14. The largest absolute Gasteiger partial charge is 0.480 e. The van der Waals surface area contributed by atoms with Crippen LogP contribution in [0.1, 0.15) is 5.56 Å². The lowest BCUT2D eigenvalue weighted by atomic mass is 10.2. The van der Waals surface area contributed by atoms with Crippen LogP contribution in [0.4, 0.5) is 24.0 Å². The van der Waals surface area contributed by atoms with Crippen LogP contribution in [0, 0.1) is 0 Å². The highest BCUT2D eigenvalue weighted by Crippen LogP contribution is 2.36. The molecule has 0 saturated heterocycles. The molecule has 182 valence electrons. The monoisotopic (exact) mass is 513 g/mol. The van der Waals surface area contributed by atoms with Crippen LogP contribution in [0.25, 0.3) is 11.3 Å². The lowest BCUT2D eigenvalue weighted by molar-refractivity contribution is -0.138. The van der Waals surface area contributed by atoms with Gasteiger partial charge >= 0.3 is 12.1 Å². The van der Waals surface area contributed by atoms with Crippen molar-refractivity contribution in [3.8, 4) is 11.3 Å². The molecular formula is C23H23ClF3N3O3S. The maximum atomic E-state index is 13.3. The SMILES string of the molecule is CN(CCOCCN(c1cccc(C(F)(F)F)c1)c1nc(-c2cccc(Cl)c2)cs1)CC(=O)O. The fourth-order valence-electron chi connectivity index (χ4n) is 3.14. The summed E-state index contributed by atoms with van der Waals surface area (Å²) in [5, 5.41) is 11.7. The van der Waals surface area contributed by atoms with Crippen molar-refractivity contribution >= 4 is 39.7 Å². The summed E-state index contributed by atoms with van der Waals surface area (Å²) in [7, 11) is 1.67. The van der Waals surface area contributed by atoms with Crippen LogP contribution in [-0.4, -0.2) is 60.9 Å². The quantitative estimate of drug-likeness (QED) is 0.334. The Morgan fingerprint density at radius 2 is 1.88 bits per heavy atom. The van der Waals surface area contributed by atoms with E-state index in [1.165, 1.54) is 17.4 Å². The zero-order valence-corrected chi connectivity index (χ0v) is 19.8. The number of aromatic nitrogens is 1. The van der Waals surface area contributed by atoms with Gasteiger partial charge in [0.2, 0.25) is 0 Å². The van der Waals surface area contributed by atoms with Gasteiger partial charge in [-0.05, 0) is 37.4 Å². The first-order chi connectivity index (χ1) is 16.1. The number of hydrogen-bond donors (Lipinski definition) is 1. The number of hydrogen-bond acceptors (Lipinski definition) is 6. The fraction of sp³-hybridized carbons (Fsp3) is 0.304. The Labute approximate surface area is 204 Å². The van der Waals surface area contributed by atoms with Crippen molar-refractivity contribution in [2.75, 3.05) is 44.8 Å². The molecule has 0 aliphatic heterocycles. The number of likely N-dealkylation sites (N-methyl/N-ethyl adjacent to an activating group) is 1. The van der Waals surface area contributed by atoms with Gasteiger partial charge in [-0.3, -0.25) is 9.69 Å². The number of benzene rings is 2. The molecule has 0 aliphatic carbocycles. The highest BCUT2D eigenvalue weighted by atomic mass is 35.5. The van der Waals surface area contributed by atoms with Gasteiger partial charge in [-0.15, -0.1) is 11.3 Å². The first-order valence-electron chi connectivity index (χ1n) is 10.3. The molecule has 0 saturated carbocycles. The van der Waals surface area contributed by atoms with Crippen molar-refractivity contribution in [3.05, 3.63) is 64.5 Å². The lowest BCUT2D eigenvalue weighted by Gasteiger charge is -2.23. The molecule has 0 aliphatic rings. The predicted molar refractivity (Wildman–Crippen MR) is 127 cm³/mol. The number of anilines is 2. The number of carbonyl (C=O) groups is 1. The lowest BCUT2D eigenvalue weighted by Crippen LogP contribution is -2.30. The van der Waals surface area contributed by atoms with Gasteiger partial charge in [-0.1, -0.05) is 29.8 Å². The average Bonchev–Trinajstić information content (AvgIpc) is 3.25. The molecule has 2 aromatic carbocycles. The number of aliphatic carboxylic acids is 1. The molecular weight excluding hydrogens is 491 g/mol. The zero-order chi connectivity index (χ0) is 24.7. The summed E-state index contributed by atoms with van der Waals surface area (Å²) >= 11 is 7.38. The van der Waals surface area contributed by atoms with Crippen LogP contribution >= 0.6 is 22.9 Å². The number of halogens is 4. The molecule has 0 radical (unpaired) electrons. The first-order valence-corrected chi connectivity index (χ1v) is 11.5. The van der Waals surface area contributed by atoms with Crippen molar-refractivity contribution in [3.63, 3.8) is 0 Å². The van der Waals surface area contributed by atoms with Crippen molar-refractivity contribution in [2.45, 2.75) is 6.18 Å². The van der Waals surface area contributed by atoms with Gasteiger partial charge in [-0.2, -0.15) is 13.2 Å². The maximum Gasteiger partial charge on any atom is 0.416 e. The summed E-state index contributed by atoms with van der Waals surface area (Å²) in [6.45, 7) is 1.05. The number of ether oxygens (including phenoxy) is 1. The van der Waals surface area contributed by atoms with E-state index in [0.29, 0.717) is 28.1 Å². The minimum atomic E-state index is -4.47. The number of carboxylic acids is 1. The van der Waals surface area contributed by atoms with Gasteiger partial charge in [0.1, 0.15) is 0 Å². The molecule has 0 fully saturated rings. The van der Waals surface area contributed by atoms with E-state index >= 15 is 0 Å². The number of thiazole rings is 1. The Bertz CT molecular complexity index is 1110. The van der Waals surface area contributed by atoms with Crippen molar-refractivity contribution < 1.29 is 27.8 Å². The maximum absolute atomic E-state index is 13.3. The Morgan fingerprint density at radius 3 is 2.59 bits per heavy atom. The Hall–Kier alpha value is -2.66. The normalized spacial score (nSPS) is 11.7. The van der Waals surface area contributed by atoms with Crippen molar-refractivity contribution in [1.29, 1.82) is 0 Å². The van der Waals surface area contributed by atoms with E-state index in [4.69, 9.17) is 21.4 Å². The minimum Gasteiger partial charge on any atom is -0.480 e. The predicted octanol–water partition coefficient (Wildman–Crippen LogP) is 5.65. The minimum absolute atomic E-state index is 0.106. The third kappa shape index (κ3) is 7.42. The smallest absolute Gasteiger partial charge is 0.416 e. The number of alkyl halides is 3. The molecule has 0 unspecified atom stereocenters. The number of rotatable bonds is 11. The Balaban J connectivity index is 1.77. The molecule has 1 N–H and O–H groups in total. The Kier molecular flexibility index (Phi) is 8.90. The van der Waals surface area contributed by atoms with E-state index in [1.807, 2.05) is 11.4 Å². The fourth-order valence-corrected chi connectivity index (χ4v) is 4.21. The number of nitrogens with zero attached hydrogens (tertiary/aromatic N) is 3. The molecule has 6 nitrogen and oxygen atoms in total. The molecule has 0 bridgehead atoms. The van der Waals surface area contributed by atoms with Gasteiger partial charge in [0.05, 0.1) is 31.0 Å². The van der Waals surface area contributed by atoms with Gasteiger partial charge in [0, 0.05) is 34.7 Å². The molecule has 0 amide bonds. The van der Waals surface area contributed by atoms with Crippen LogP contribution in [0.3, 0.4) is 0 Å². The molecule has 0 atom stereocenters. The van der Waals surface area contributed by atoms with E-state index < -0.39 is 17.7 Å². The first kappa shape index (κ1) is 26.0. The third-order valence-electron chi connectivity index (χ3n) is 4.81. The van der Waals surface area contributed by atoms with E-state index in [2.05, 4.69) is 4.98 Å². The molecule has 1 aromatic heterocycles. The molecule has 34 heavy (non-hydrogen) atoms. The third-order valence-corrected chi connectivity index (χ3v) is 5.91. The van der Waals surface area contributed by atoms with Crippen LogP contribution in [0.15, 0.2) is 53.9 Å². The summed E-state index contributed by atoms with van der Waals surface area (Å²) in [4.78, 5) is 18.6. The van der Waals surface area contributed by atoms with E-state index in [-0.39, 0.29) is 26.3 Å². The van der Waals surface area contributed by atoms with Gasteiger partial charge in [0.15, 0.2) is 5.13 Å². The Morgan fingerprint density at radius 1 is 1.15 bits per heavy atom. The summed E-state index contributed by atoms with van der Waals surface area (Å²) in [6, 6.07) is 12.2. The molecule has 3 rings (SSSR count). The van der Waals surface area contributed by atoms with Crippen molar-refractivity contribution in [1.82, 2.24) is 9.88 Å². The van der Waals surface area contributed by atoms with Crippen LogP contribution in [0.2, 0.25) is 5.02 Å². The second-order valence-corrected chi connectivity index (χ2v) is 8.74. The van der Waals surface area contributed by atoms with Gasteiger partial charge in [-0.25, -0.2) is 4.98 Å². The second-order valence-electron chi connectivity index (χ2n) is 7.47. The standard InChI is InChI=1S/C23H23ClF3N3O3S/c1-29(14-21(31)32)8-10-33-11-9-30(19-7-3-5-17(13-19)23(25,26)27)22-28-20(15-34-22)16-4-2-6-18(24)12-16/h2-7,12-13,15H,8-11,14H2,1H3,(H,31,32). The molecule has 0 spiro atoms. The summed E-state index contributed by atoms with van der Waals surface area (Å²) in [5.41, 5.74) is 1.05.